The lowest BCUT2D eigenvalue weighted by Crippen LogP contribution is -2.60. The SMILES string of the molecule is O=[N+]([O-])c1c(OCC[18F])cccc1O[C@@H]1O[C@H](CO)[C@H](O)[C@H](O)[C@H]1O. The van der Waals surface area contributed by atoms with Crippen LogP contribution in [0.1, 0.15) is 0 Å². The number of benzene rings is 1. The normalized spacial score (nSPS) is 29.2. The average molecular weight is 362 g/mol. The zero-order valence-corrected chi connectivity index (χ0v) is 12.9. The predicted molar refractivity (Wildman–Crippen MR) is 79.0 cm³/mol. The van der Waals surface area contributed by atoms with Crippen molar-refractivity contribution in [2.75, 3.05) is 19.9 Å². The smallest absolute Gasteiger partial charge is 0.352 e. The molecule has 0 spiro atoms. The number of aliphatic hydroxyl groups is 4. The second-order valence-electron chi connectivity index (χ2n) is 5.21. The highest BCUT2D eigenvalue weighted by Gasteiger charge is 2.45. The van der Waals surface area contributed by atoms with E-state index >= 15 is 0 Å². The number of halogens is 1. The Balaban J connectivity index is 2.28. The standard InChI is InChI=1S/C14H18FNO9/c15-4-5-23-7-2-1-3-8(10(7)16(21)22)24-14-13(20)12(19)11(18)9(6-17)25-14/h1-3,9,11-14,17-20H,4-6H2/t9-,11+,12+,13-,14-/m1/s1/i15-1. The molecule has 140 valence electrons. The van der Waals surface area contributed by atoms with E-state index in [1.807, 2.05) is 0 Å². The van der Waals surface area contributed by atoms with Gasteiger partial charge in [0.05, 0.1) is 11.5 Å². The maximum atomic E-state index is 12.2. The van der Waals surface area contributed by atoms with Gasteiger partial charge in [-0.15, -0.1) is 0 Å². The molecule has 2 rings (SSSR count). The van der Waals surface area contributed by atoms with Gasteiger partial charge in [0, 0.05) is 0 Å². The van der Waals surface area contributed by atoms with Crippen molar-refractivity contribution in [2.45, 2.75) is 30.7 Å². The van der Waals surface area contributed by atoms with Crippen LogP contribution in [0.4, 0.5) is 10.1 Å². The molecule has 1 aromatic carbocycles. The van der Waals surface area contributed by atoms with Crippen LogP contribution in [-0.4, -0.2) is 75.9 Å². The number of ether oxygens (including phenoxy) is 3. The lowest BCUT2D eigenvalue weighted by atomic mass is 9.99. The Labute approximate surface area is 141 Å². The Morgan fingerprint density at radius 2 is 1.88 bits per heavy atom. The fraction of sp³-hybridized carbons (Fsp3) is 0.571. The van der Waals surface area contributed by atoms with Crippen molar-refractivity contribution < 1.29 is 44.0 Å². The number of nitro groups is 1. The molecule has 0 bridgehead atoms. The van der Waals surface area contributed by atoms with E-state index in [9.17, 15) is 29.8 Å². The Bertz CT molecular complexity index is 600. The molecule has 0 radical (unpaired) electrons. The van der Waals surface area contributed by atoms with Gasteiger partial charge >= 0.3 is 5.69 Å². The molecule has 1 fully saturated rings. The van der Waals surface area contributed by atoms with Gasteiger partial charge in [0.15, 0.2) is 0 Å². The van der Waals surface area contributed by atoms with Crippen molar-refractivity contribution in [3.63, 3.8) is 0 Å². The van der Waals surface area contributed by atoms with Crippen molar-refractivity contribution in [3.05, 3.63) is 28.3 Å². The molecule has 0 amide bonds. The van der Waals surface area contributed by atoms with Crippen LogP contribution in [0, 0.1) is 10.1 Å². The summed E-state index contributed by atoms with van der Waals surface area (Å²) in [6.45, 7) is -1.92. The minimum atomic E-state index is -1.73. The number of aliphatic hydroxyl groups excluding tert-OH is 4. The number of hydrogen-bond acceptors (Lipinski definition) is 9. The highest BCUT2D eigenvalue weighted by Crippen LogP contribution is 2.38. The van der Waals surface area contributed by atoms with Crippen LogP contribution in [-0.2, 0) is 4.74 Å². The number of nitro benzene ring substituents is 1. The number of alkyl halides is 1. The molecular formula is C14H18FNO9. The molecular weight excluding hydrogens is 344 g/mol. The molecule has 0 unspecified atom stereocenters. The molecule has 25 heavy (non-hydrogen) atoms. The molecule has 0 aromatic heterocycles. The lowest BCUT2D eigenvalue weighted by Gasteiger charge is -2.39. The maximum Gasteiger partial charge on any atom is 0.352 e. The molecule has 1 heterocycles. The molecule has 1 aliphatic rings. The van der Waals surface area contributed by atoms with Crippen LogP contribution in [0.25, 0.3) is 0 Å². The summed E-state index contributed by atoms with van der Waals surface area (Å²) in [6.07, 6.45) is -7.83. The molecule has 5 atom stereocenters. The second kappa shape index (κ2) is 8.36. The fourth-order valence-corrected chi connectivity index (χ4v) is 2.33. The highest BCUT2D eigenvalue weighted by molar-refractivity contribution is 5.57. The maximum absolute atomic E-state index is 12.2. The van der Waals surface area contributed by atoms with Gasteiger partial charge in [0.2, 0.25) is 17.8 Å². The highest BCUT2D eigenvalue weighted by atomic mass is 18.2. The molecule has 4 N–H and O–H groups in total. The first kappa shape index (κ1) is 19.3. The van der Waals surface area contributed by atoms with Crippen LogP contribution in [0.15, 0.2) is 18.2 Å². The van der Waals surface area contributed by atoms with Gasteiger partial charge in [0.1, 0.15) is 37.7 Å². The van der Waals surface area contributed by atoms with E-state index in [1.54, 1.807) is 0 Å². The van der Waals surface area contributed by atoms with Crippen molar-refractivity contribution in [3.8, 4) is 11.5 Å². The number of hydrogen-bond donors (Lipinski definition) is 4. The van der Waals surface area contributed by atoms with Crippen LogP contribution in [0.2, 0.25) is 0 Å². The third-order valence-electron chi connectivity index (χ3n) is 3.57. The summed E-state index contributed by atoms with van der Waals surface area (Å²) in [5.41, 5.74) is -0.618. The topological polar surface area (TPSA) is 152 Å². The number of rotatable bonds is 7. The van der Waals surface area contributed by atoms with E-state index in [1.165, 1.54) is 18.2 Å². The van der Waals surface area contributed by atoms with E-state index in [2.05, 4.69) is 0 Å². The summed E-state index contributed by atoms with van der Waals surface area (Å²) < 4.78 is 27.6. The summed E-state index contributed by atoms with van der Waals surface area (Å²) in [5.74, 6) is -0.601. The first-order valence-electron chi connectivity index (χ1n) is 7.34. The molecule has 10 nitrogen and oxygen atoms in total. The van der Waals surface area contributed by atoms with Crippen LogP contribution in [0.3, 0.4) is 0 Å². The zero-order valence-electron chi connectivity index (χ0n) is 12.9. The zero-order chi connectivity index (χ0) is 18.6. The minimum Gasteiger partial charge on any atom is -0.484 e. The van der Waals surface area contributed by atoms with E-state index in [-0.39, 0.29) is 11.5 Å². The molecule has 1 saturated heterocycles. The van der Waals surface area contributed by atoms with Gasteiger partial charge in [-0.1, -0.05) is 6.07 Å². The second-order valence-corrected chi connectivity index (χ2v) is 5.21. The van der Waals surface area contributed by atoms with Crippen molar-refractivity contribution in [1.29, 1.82) is 0 Å². The fourth-order valence-electron chi connectivity index (χ4n) is 2.33. The van der Waals surface area contributed by atoms with Gasteiger partial charge in [-0.3, -0.25) is 10.1 Å². The molecule has 1 aliphatic heterocycles. The van der Waals surface area contributed by atoms with Gasteiger partial charge in [-0.25, -0.2) is 4.39 Å². The Morgan fingerprint density at radius 1 is 1.20 bits per heavy atom. The van der Waals surface area contributed by atoms with Crippen molar-refractivity contribution >= 4 is 5.69 Å². The third-order valence-corrected chi connectivity index (χ3v) is 3.57. The van der Waals surface area contributed by atoms with Crippen LogP contribution in [0.5, 0.6) is 11.5 Å². The van der Waals surface area contributed by atoms with Gasteiger partial charge in [-0.2, -0.15) is 0 Å². The summed E-state index contributed by atoms with van der Waals surface area (Å²) in [7, 11) is 0. The predicted octanol–water partition coefficient (Wildman–Crippen LogP) is -0.878. The van der Waals surface area contributed by atoms with Crippen molar-refractivity contribution in [2.24, 2.45) is 0 Å². The van der Waals surface area contributed by atoms with E-state index in [0.29, 0.717) is 0 Å². The summed E-state index contributed by atoms with van der Waals surface area (Å²) in [6, 6.07) is 3.79. The number of para-hydroxylation sites is 1. The number of nitrogens with zero attached hydrogens (tertiary/aromatic N) is 1. The Morgan fingerprint density at radius 3 is 2.48 bits per heavy atom. The Hall–Kier alpha value is -2.05. The van der Waals surface area contributed by atoms with Crippen molar-refractivity contribution in [1.82, 2.24) is 0 Å². The first-order chi connectivity index (χ1) is 11.9. The van der Waals surface area contributed by atoms with Gasteiger partial charge in [0.25, 0.3) is 0 Å². The average Bonchev–Trinajstić information content (AvgIpc) is 2.60. The summed E-state index contributed by atoms with van der Waals surface area (Å²) in [4.78, 5) is 10.5. The lowest BCUT2D eigenvalue weighted by molar-refractivity contribution is -0.388. The van der Waals surface area contributed by atoms with Crippen LogP contribution >= 0.6 is 0 Å². The summed E-state index contributed by atoms with van der Waals surface area (Å²) in [5, 5.41) is 49.8. The van der Waals surface area contributed by atoms with Gasteiger partial charge < -0.3 is 34.6 Å². The summed E-state index contributed by atoms with van der Waals surface area (Å²) >= 11 is 0. The van der Waals surface area contributed by atoms with Gasteiger partial charge in [-0.05, 0) is 12.1 Å². The van der Waals surface area contributed by atoms with E-state index in [4.69, 9.17) is 19.3 Å². The van der Waals surface area contributed by atoms with E-state index in [0.717, 1.165) is 0 Å². The first-order valence-corrected chi connectivity index (χ1v) is 7.34. The van der Waals surface area contributed by atoms with E-state index < -0.39 is 61.2 Å². The molecule has 0 saturated carbocycles. The molecule has 11 heteroatoms. The quantitative estimate of drug-likeness (QED) is 0.358. The molecule has 1 aromatic rings. The third kappa shape index (κ3) is 4.14. The molecule has 0 aliphatic carbocycles. The largest absolute Gasteiger partial charge is 0.484 e. The monoisotopic (exact) mass is 362 g/mol. The minimum absolute atomic E-state index is 0.246. The Kier molecular flexibility index (Phi) is 6.45. The van der Waals surface area contributed by atoms with Crippen LogP contribution < -0.4 is 9.47 Å².